The molecule has 4 aromatic rings. The third-order valence-electron chi connectivity index (χ3n) is 7.75. The van der Waals surface area contributed by atoms with Crippen LogP contribution in [0, 0.1) is 11.6 Å². The van der Waals surface area contributed by atoms with E-state index in [1.807, 2.05) is 73.6 Å². The van der Waals surface area contributed by atoms with E-state index in [1.54, 1.807) is 13.2 Å². The van der Waals surface area contributed by atoms with E-state index in [4.69, 9.17) is 9.15 Å². The molecule has 3 aromatic carbocycles. The highest BCUT2D eigenvalue weighted by Crippen LogP contribution is 2.47. The number of ether oxygens (including phenoxy) is 1. The Morgan fingerprint density at radius 3 is 2.48 bits per heavy atom. The van der Waals surface area contributed by atoms with Gasteiger partial charge in [-0.3, -0.25) is 9.69 Å². The molecule has 1 N–H and O–H groups in total. The monoisotopic (exact) mass is 543 g/mol. The minimum absolute atomic E-state index is 0.0469. The van der Waals surface area contributed by atoms with Crippen LogP contribution in [-0.2, 0) is 13.1 Å². The number of furan rings is 1. The van der Waals surface area contributed by atoms with E-state index in [1.165, 1.54) is 6.07 Å². The van der Waals surface area contributed by atoms with Crippen molar-refractivity contribution in [2.45, 2.75) is 24.5 Å². The van der Waals surface area contributed by atoms with Crippen LogP contribution in [0.5, 0.6) is 5.75 Å². The van der Waals surface area contributed by atoms with Crippen molar-refractivity contribution < 1.29 is 22.7 Å². The first-order valence-electron chi connectivity index (χ1n) is 13.3. The van der Waals surface area contributed by atoms with Gasteiger partial charge in [0.2, 0.25) is 0 Å². The van der Waals surface area contributed by atoms with Crippen LogP contribution in [0.2, 0.25) is 0 Å². The summed E-state index contributed by atoms with van der Waals surface area (Å²) >= 11 is 0. The van der Waals surface area contributed by atoms with Gasteiger partial charge in [0.15, 0.2) is 17.4 Å². The number of likely N-dealkylation sites (tertiary alicyclic amines) is 1. The van der Waals surface area contributed by atoms with Crippen molar-refractivity contribution in [3.63, 3.8) is 0 Å². The van der Waals surface area contributed by atoms with Gasteiger partial charge in [-0.2, -0.15) is 0 Å². The maximum absolute atomic E-state index is 14.1. The zero-order chi connectivity index (χ0) is 28.0. The number of halogens is 2. The molecule has 8 heteroatoms. The van der Waals surface area contributed by atoms with Crippen LogP contribution in [0.4, 0.5) is 14.5 Å². The van der Waals surface area contributed by atoms with Crippen LogP contribution in [0.3, 0.4) is 0 Å². The molecule has 1 spiro atoms. The molecule has 1 atom stereocenters. The lowest BCUT2D eigenvalue weighted by molar-refractivity contribution is 0.0481. The summed E-state index contributed by atoms with van der Waals surface area (Å²) in [7, 11) is 5.59. The summed E-state index contributed by atoms with van der Waals surface area (Å²) in [5.74, 6) is 0.237. The predicted octanol–water partition coefficient (Wildman–Crippen LogP) is 5.94. The topological polar surface area (TPSA) is 58.0 Å². The first kappa shape index (κ1) is 26.2. The number of hydrogen-bond donors (Lipinski definition) is 1. The van der Waals surface area contributed by atoms with E-state index in [9.17, 15) is 13.6 Å². The Kier molecular flexibility index (Phi) is 6.68. The molecule has 2 aliphatic heterocycles. The molecule has 6 nitrogen and oxygen atoms in total. The summed E-state index contributed by atoms with van der Waals surface area (Å²) in [5.41, 5.74) is 3.32. The smallest absolute Gasteiger partial charge is 0.174 e. The fourth-order valence-electron chi connectivity index (χ4n) is 5.98. The summed E-state index contributed by atoms with van der Waals surface area (Å²) in [4.78, 5) is 18.3. The number of hydrogen-bond acceptors (Lipinski definition) is 6. The molecule has 6 rings (SSSR count). The van der Waals surface area contributed by atoms with Gasteiger partial charge < -0.3 is 19.4 Å². The summed E-state index contributed by atoms with van der Waals surface area (Å²) in [6, 6.07) is 21.3. The van der Waals surface area contributed by atoms with E-state index >= 15 is 0 Å². The number of anilines is 1. The minimum atomic E-state index is -0.860. The first-order valence-corrected chi connectivity index (χ1v) is 13.3. The second kappa shape index (κ2) is 10.2. The molecule has 0 bridgehead atoms. The van der Waals surface area contributed by atoms with Crippen molar-refractivity contribution in [2.75, 3.05) is 39.6 Å². The van der Waals surface area contributed by atoms with Gasteiger partial charge in [0, 0.05) is 36.4 Å². The van der Waals surface area contributed by atoms with E-state index in [2.05, 4.69) is 10.2 Å². The van der Waals surface area contributed by atoms with Crippen molar-refractivity contribution in [3.8, 4) is 17.1 Å². The molecule has 2 aliphatic rings. The van der Waals surface area contributed by atoms with E-state index in [0.717, 1.165) is 40.2 Å². The summed E-state index contributed by atoms with van der Waals surface area (Å²) in [6.07, 6.45) is 0. The fourth-order valence-corrected chi connectivity index (χ4v) is 5.98. The van der Waals surface area contributed by atoms with Gasteiger partial charge in [-0.05, 0) is 73.8 Å². The zero-order valence-corrected chi connectivity index (χ0v) is 22.7. The molecule has 206 valence electrons. The molecule has 1 unspecified atom stereocenters. The Hall–Kier alpha value is -4.01. The first-order chi connectivity index (χ1) is 19.2. The molecule has 3 heterocycles. The summed E-state index contributed by atoms with van der Waals surface area (Å²) < 4.78 is 38.7. The lowest BCUT2D eigenvalue weighted by Gasteiger charge is -2.56. The maximum atomic E-state index is 14.1. The number of carbonyl (C=O) groups excluding carboxylic acids is 1. The second-order valence-electron chi connectivity index (χ2n) is 11.0. The van der Waals surface area contributed by atoms with E-state index < -0.39 is 23.1 Å². The number of nitrogens with zero attached hydrogens (tertiary/aromatic N) is 2. The van der Waals surface area contributed by atoms with Crippen LogP contribution in [0.15, 0.2) is 77.2 Å². The third kappa shape index (κ3) is 4.78. The standard InChI is InChI=1S/C32H31F2N3O3/c1-36(2)17-24-10-13-29(40-24)22-7-11-25-28(15-22)35-32(30(31(25)38)21-5-8-23(39-3)9-6-21)18-37(19-32)16-20-4-12-26(33)27(34)14-20/h4-15,30,35H,16-19H2,1-3H3. The normalized spacial score (nSPS) is 17.9. The molecule has 0 radical (unpaired) electrons. The number of carbonyl (C=O) groups is 1. The number of fused-ring (bicyclic) bond motifs is 1. The lowest BCUT2D eigenvalue weighted by Crippen LogP contribution is -2.70. The van der Waals surface area contributed by atoms with Crippen LogP contribution < -0.4 is 10.1 Å². The van der Waals surface area contributed by atoms with Crippen molar-refractivity contribution in [1.82, 2.24) is 9.80 Å². The highest BCUT2D eigenvalue weighted by molar-refractivity contribution is 6.09. The number of benzene rings is 3. The molecular weight excluding hydrogens is 512 g/mol. The molecule has 1 saturated heterocycles. The zero-order valence-electron chi connectivity index (χ0n) is 22.7. The Morgan fingerprint density at radius 2 is 1.77 bits per heavy atom. The van der Waals surface area contributed by atoms with E-state index in [-0.39, 0.29) is 5.78 Å². The molecule has 0 amide bonds. The highest BCUT2D eigenvalue weighted by atomic mass is 19.2. The predicted molar refractivity (Wildman–Crippen MR) is 150 cm³/mol. The van der Waals surface area contributed by atoms with Gasteiger partial charge in [-0.15, -0.1) is 0 Å². The Labute approximate surface area is 232 Å². The van der Waals surface area contributed by atoms with Crippen molar-refractivity contribution in [3.05, 3.63) is 107 Å². The maximum Gasteiger partial charge on any atom is 0.174 e. The molecule has 40 heavy (non-hydrogen) atoms. The van der Waals surface area contributed by atoms with Crippen LogP contribution >= 0.6 is 0 Å². The van der Waals surface area contributed by atoms with E-state index in [0.29, 0.717) is 37.3 Å². The highest BCUT2D eigenvalue weighted by Gasteiger charge is 2.55. The van der Waals surface area contributed by atoms with Gasteiger partial charge >= 0.3 is 0 Å². The molecular formula is C32H31F2N3O3. The molecule has 1 fully saturated rings. The number of nitrogens with one attached hydrogen (secondary N) is 1. The van der Waals surface area contributed by atoms with Gasteiger partial charge in [0.1, 0.15) is 17.3 Å². The van der Waals surface area contributed by atoms with Gasteiger partial charge in [0.05, 0.1) is 25.1 Å². The third-order valence-corrected chi connectivity index (χ3v) is 7.75. The Balaban J connectivity index is 1.32. The number of rotatable bonds is 7. The largest absolute Gasteiger partial charge is 0.497 e. The van der Waals surface area contributed by atoms with Crippen molar-refractivity contribution in [2.24, 2.45) is 0 Å². The minimum Gasteiger partial charge on any atom is -0.497 e. The molecule has 1 aromatic heterocycles. The average molecular weight is 544 g/mol. The van der Waals surface area contributed by atoms with Crippen molar-refractivity contribution >= 4 is 11.5 Å². The Morgan fingerprint density at radius 1 is 1.00 bits per heavy atom. The fraction of sp³-hybridized carbons (Fsp3) is 0.281. The van der Waals surface area contributed by atoms with Crippen LogP contribution in [0.25, 0.3) is 11.3 Å². The van der Waals surface area contributed by atoms with Gasteiger partial charge in [0.25, 0.3) is 0 Å². The van der Waals surface area contributed by atoms with Gasteiger partial charge in [-0.25, -0.2) is 8.78 Å². The average Bonchev–Trinajstić information content (AvgIpc) is 3.37. The quantitative estimate of drug-likeness (QED) is 0.311. The summed E-state index contributed by atoms with van der Waals surface area (Å²) in [5, 5.41) is 3.73. The molecule has 0 saturated carbocycles. The summed E-state index contributed by atoms with van der Waals surface area (Å²) in [6.45, 7) is 2.28. The molecule has 0 aliphatic carbocycles. The van der Waals surface area contributed by atoms with Crippen LogP contribution in [-0.4, -0.2) is 55.4 Å². The van der Waals surface area contributed by atoms with Crippen LogP contribution in [0.1, 0.15) is 33.2 Å². The lowest BCUT2D eigenvalue weighted by atomic mass is 9.67. The van der Waals surface area contributed by atoms with Gasteiger partial charge in [-0.1, -0.05) is 24.3 Å². The number of methoxy groups -OCH3 is 1. The SMILES string of the molecule is COc1ccc(C2C(=O)c3ccc(-c4ccc(CN(C)C)o4)cc3NC23CN(Cc2ccc(F)c(F)c2)C3)cc1. The Bertz CT molecular complexity index is 1560. The second-order valence-corrected chi connectivity index (χ2v) is 11.0. The number of Topliss-reactive ketones (excluding diaryl/α,β-unsaturated/α-hetero) is 1. The van der Waals surface area contributed by atoms with Crippen molar-refractivity contribution in [1.29, 1.82) is 0 Å². The number of ketones is 1.